The second-order valence-electron chi connectivity index (χ2n) is 6.45. The van der Waals surface area contributed by atoms with Gasteiger partial charge in [0.25, 0.3) is 5.91 Å². The molecule has 2 aromatic rings. The molecule has 1 heterocycles. The summed E-state index contributed by atoms with van der Waals surface area (Å²) in [4.78, 5) is 27.4. The van der Waals surface area contributed by atoms with Crippen LogP contribution in [0.15, 0.2) is 36.5 Å². The number of benzene rings is 1. The fraction of sp³-hybridized carbons (Fsp3) is 0.278. The Labute approximate surface area is 160 Å². The second-order valence-corrected chi connectivity index (χ2v) is 6.84. The van der Waals surface area contributed by atoms with Crippen molar-refractivity contribution in [3.8, 4) is 0 Å². The number of carbonyl (C=O) groups excluding carboxylic acids is 2. The molecule has 2 amide bonds. The summed E-state index contributed by atoms with van der Waals surface area (Å²) in [6.07, 6.45) is -0.380. The highest BCUT2D eigenvalue weighted by Gasteiger charge is 2.27. The van der Waals surface area contributed by atoms with E-state index >= 15 is 0 Å². The standard InChI is InChI=1S/C18H20ClFN4O3/c1-18(2,27)14(20)9-23-17(26)12-8-22-15(19)7-13(12)24-11-5-3-10(4-6-11)16(21)25/h3-8,14,27H,9H2,1-2H3,(H2,21,25)(H,22,24)(H,23,26). The van der Waals surface area contributed by atoms with Crippen LogP contribution in [0.4, 0.5) is 15.8 Å². The average Bonchev–Trinajstić information content (AvgIpc) is 2.59. The zero-order valence-electron chi connectivity index (χ0n) is 14.8. The number of aliphatic hydroxyl groups is 1. The van der Waals surface area contributed by atoms with Crippen molar-refractivity contribution in [1.82, 2.24) is 10.3 Å². The number of nitrogens with two attached hydrogens (primary N) is 1. The molecule has 0 spiro atoms. The topological polar surface area (TPSA) is 117 Å². The Kier molecular flexibility index (Phi) is 6.35. The lowest BCUT2D eigenvalue weighted by atomic mass is 10.0. The van der Waals surface area contributed by atoms with Crippen LogP contribution < -0.4 is 16.4 Å². The molecule has 0 aliphatic carbocycles. The molecule has 144 valence electrons. The monoisotopic (exact) mass is 394 g/mol. The largest absolute Gasteiger partial charge is 0.387 e. The zero-order chi connectivity index (χ0) is 20.2. The number of nitrogens with zero attached hydrogens (tertiary/aromatic N) is 1. The van der Waals surface area contributed by atoms with Crippen LogP contribution in [-0.4, -0.2) is 40.2 Å². The van der Waals surface area contributed by atoms with Crippen molar-refractivity contribution in [3.05, 3.63) is 52.8 Å². The van der Waals surface area contributed by atoms with Gasteiger partial charge in [-0.2, -0.15) is 0 Å². The van der Waals surface area contributed by atoms with Gasteiger partial charge in [-0.3, -0.25) is 9.59 Å². The van der Waals surface area contributed by atoms with Gasteiger partial charge in [0.1, 0.15) is 11.3 Å². The Morgan fingerprint density at radius 2 is 1.96 bits per heavy atom. The van der Waals surface area contributed by atoms with Crippen LogP contribution in [-0.2, 0) is 0 Å². The van der Waals surface area contributed by atoms with Gasteiger partial charge in [-0.25, -0.2) is 9.37 Å². The summed E-state index contributed by atoms with van der Waals surface area (Å²) < 4.78 is 13.8. The Morgan fingerprint density at radius 1 is 1.33 bits per heavy atom. The summed E-state index contributed by atoms with van der Waals surface area (Å²) in [5.41, 5.74) is 5.03. The van der Waals surface area contributed by atoms with Crippen LogP contribution in [0.3, 0.4) is 0 Å². The van der Waals surface area contributed by atoms with E-state index in [4.69, 9.17) is 17.3 Å². The van der Waals surface area contributed by atoms with Crippen molar-refractivity contribution >= 4 is 34.8 Å². The highest BCUT2D eigenvalue weighted by molar-refractivity contribution is 6.29. The maximum Gasteiger partial charge on any atom is 0.255 e. The molecular formula is C18H20ClFN4O3. The molecule has 0 radical (unpaired) electrons. The van der Waals surface area contributed by atoms with E-state index in [1.54, 1.807) is 12.1 Å². The van der Waals surface area contributed by atoms with Gasteiger partial charge in [0.15, 0.2) is 0 Å². The van der Waals surface area contributed by atoms with Gasteiger partial charge in [0.2, 0.25) is 5.91 Å². The van der Waals surface area contributed by atoms with Crippen LogP contribution in [0.2, 0.25) is 5.15 Å². The molecule has 9 heteroatoms. The molecule has 0 saturated heterocycles. The quantitative estimate of drug-likeness (QED) is 0.538. The fourth-order valence-electron chi connectivity index (χ4n) is 2.11. The van der Waals surface area contributed by atoms with Crippen LogP contribution in [0.1, 0.15) is 34.6 Å². The molecule has 1 aromatic carbocycles. The Balaban J connectivity index is 2.18. The summed E-state index contributed by atoms with van der Waals surface area (Å²) in [5, 5.41) is 15.2. The molecule has 5 N–H and O–H groups in total. The van der Waals surface area contributed by atoms with Gasteiger partial charge in [-0.15, -0.1) is 0 Å². The SMILES string of the molecule is CC(C)(O)C(F)CNC(=O)c1cnc(Cl)cc1Nc1ccc(C(N)=O)cc1. The number of rotatable bonds is 7. The normalized spacial score (nSPS) is 12.3. The number of hydrogen-bond acceptors (Lipinski definition) is 5. The molecular weight excluding hydrogens is 375 g/mol. The van der Waals surface area contributed by atoms with Crippen LogP contribution in [0.5, 0.6) is 0 Å². The van der Waals surface area contributed by atoms with Gasteiger partial charge in [-0.1, -0.05) is 11.6 Å². The van der Waals surface area contributed by atoms with Crippen LogP contribution >= 0.6 is 11.6 Å². The molecule has 0 saturated carbocycles. The van der Waals surface area contributed by atoms with E-state index in [1.165, 1.54) is 38.2 Å². The maximum absolute atomic E-state index is 13.8. The molecule has 1 aromatic heterocycles. The number of hydrogen-bond donors (Lipinski definition) is 4. The highest BCUT2D eigenvalue weighted by Crippen LogP contribution is 2.24. The maximum atomic E-state index is 13.8. The molecule has 0 fully saturated rings. The van der Waals surface area contributed by atoms with E-state index < -0.39 is 23.6 Å². The van der Waals surface area contributed by atoms with E-state index in [0.29, 0.717) is 16.9 Å². The van der Waals surface area contributed by atoms with E-state index in [0.717, 1.165) is 0 Å². The summed E-state index contributed by atoms with van der Waals surface area (Å²) >= 11 is 5.90. The minimum atomic E-state index is -1.64. The van der Waals surface area contributed by atoms with E-state index in [9.17, 15) is 19.1 Å². The molecule has 0 bridgehead atoms. The summed E-state index contributed by atoms with van der Waals surface area (Å²) in [7, 11) is 0. The van der Waals surface area contributed by atoms with Gasteiger partial charge in [-0.05, 0) is 44.2 Å². The van der Waals surface area contributed by atoms with Crippen molar-refractivity contribution in [2.75, 3.05) is 11.9 Å². The first-order chi connectivity index (χ1) is 12.6. The molecule has 7 nitrogen and oxygen atoms in total. The molecule has 0 aliphatic heterocycles. The van der Waals surface area contributed by atoms with Crippen molar-refractivity contribution in [2.24, 2.45) is 5.73 Å². The van der Waals surface area contributed by atoms with E-state index in [1.807, 2.05) is 0 Å². The van der Waals surface area contributed by atoms with Gasteiger partial charge in [0.05, 0.1) is 23.4 Å². The lowest BCUT2D eigenvalue weighted by molar-refractivity contribution is -0.00177. The molecule has 27 heavy (non-hydrogen) atoms. The first kappa shape index (κ1) is 20.6. The fourth-order valence-corrected chi connectivity index (χ4v) is 2.27. The number of aromatic nitrogens is 1. The number of carbonyl (C=O) groups is 2. The summed E-state index contributed by atoms with van der Waals surface area (Å²) in [5.74, 6) is -1.14. The first-order valence-corrected chi connectivity index (χ1v) is 8.43. The van der Waals surface area contributed by atoms with Crippen molar-refractivity contribution in [3.63, 3.8) is 0 Å². The van der Waals surface area contributed by atoms with Gasteiger partial charge >= 0.3 is 0 Å². The third kappa shape index (κ3) is 5.63. The number of halogens is 2. The second kappa shape index (κ2) is 8.32. The van der Waals surface area contributed by atoms with Gasteiger partial charge in [0, 0.05) is 17.4 Å². The van der Waals surface area contributed by atoms with E-state index in [-0.39, 0.29) is 17.3 Å². The molecule has 0 aliphatic rings. The summed E-state index contributed by atoms with van der Waals surface area (Å²) in [6, 6.07) is 7.74. The molecule has 2 rings (SSSR count). The first-order valence-electron chi connectivity index (χ1n) is 8.05. The number of amides is 2. The van der Waals surface area contributed by atoms with Crippen molar-refractivity contribution in [1.29, 1.82) is 0 Å². The number of nitrogens with one attached hydrogen (secondary N) is 2. The number of anilines is 2. The van der Waals surface area contributed by atoms with Crippen LogP contribution in [0.25, 0.3) is 0 Å². The summed E-state index contributed by atoms with van der Waals surface area (Å²) in [6.45, 7) is 2.27. The van der Waals surface area contributed by atoms with Crippen LogP contribution in [0, 0.1) is 0 Å². The number of alkyl halides is 1. The Bertz CT molecular complexity index is 837. The Hall–Kier alpha value is -2.71. The van der Waals surface area contributed by atoms with Gasteiger partial charge < -0.3 is 21.5 Å². The highest BCUT2D eigenvalue weighted by atomic mass is 35.5. The minimum absolute atomic E-state index is 0.140. The molecule has 1 atom stereocenters. The lowest BCUT2D eigenvalue weighted by Crippen LogP contribution is -2.42. The zero-order valence-corrected chi connectivity index (χ0v) is 15.5. The minimum Gasteiger partial charge on any atom is -0.387 e. The predicted octanol–water partition coefficient (Wildman–Crippen LogP) is 2.42. The third-order valence-electron chi connectivity index (χ3n) is 3.77. The predicted molar refractivity (Wildman–Crippen MR) is 101 cm³/mol. The Morgan fingerprint density at radius 3 is 2.52 bits per heavy atom. The molecule has 1 unspecified atom stereocenters. The van der Waals surface area contributed by atoms with E-state index in [2.05, 4.69) is 15.6 Å². The number of pyridine rings is 1. The number of primary amides is 1. The smallest absolute Gasteiger partial charge is 0.255 e. The van der Waals surface area contributed by atoms with Crippen molar-refractivity contribution < 1.29 is 19.1 Å². The average molecular weight is 395 g/mol. The third-order valence-corrected chi connectivity index (χ3v) is 3.98. The van der Waals surface area contributed by atoms with Crippen molar-refractivity contribution in [2.45, 2.75) is 25.6 Å². The lowest BCUT2D eigenvalue weighted by Gasteiger charge is -2.22.